The molecule has 0 unspecified atom stereocenters. The summed E-state index contributed by atoms with van der Waals surface area (Å²) in [6.07, 6.45) is 18.1. The molecule has 6 heteroatoms. The van der Waals surface area contributed by atoms with Crippen molar-refractivity contribution in [1.29, 1.82) is 0 Å². The molecule has 0 radical (unpaired) electrons. The van der Waals surface area contributed by atoms with Crippen molar-refractivity contribution >= 4 is 0 Å². The Bertz CT molecular complexity index is 757. The summed E-state index contributed by atoms with van der Waals surface area (Å²) in [5.74, 6) is -1.12. The van der Waals surface area contributed by atoms with Crippen molar-refractivity contribution in [2.24, 2.45) is 0 Å². The molecule has 0 spiro atoms. The van der Waals surface area contributed by atoms with Crippen molar-refractivity contribution in [3.63, 3.8) is 0 Å². The summed E-state index contributed by atoms with van der Waals surface area (Å²) in [6.45, 7) is 2.72. The minimum Gasteiger partial charge on any atom is -0.449 e. The topological polar surface area (TPSA) is 57.3 Å². The summed E-state index contributed by atoms with van der Waals surface area (Å²) in [6, 6.07) is 5.63. The van der Waals surface area contributed by atoms with E-state index in [1.165, 1.54) is 95.2 Å². The first-order valence-corrected chi connectivity index (χ1v) is 11.7. The first-order valence-electron chi connectivity index (χ1n) is 11.7. The highest BCUT2D eigenvalue weighted by Crippen LogP contribution is 2.14. The van der Waals surface area contributed by atoms with Crippen LogP contribution in [0.25, 0.3) is 5.69 Å². The van der Waals surface area contributed by atoms with Gasteiger partial charge in [-0.3, -0.25) is 0 Å². The zero-order valence-corrected chi connectivity index (χ0v) is 18.4. The van der Waals surface area contributed by atoms with E-state index in [0.29, 0.717) is 12.3 Å². The Balaban J connectivity index is 1.46. The molecule has 30 heavy (non-hydrogen) atoms. The van der Waals surface area contributed by atoms with Gasteiger partial charge < -0.3 is 9.15 Å². The van der Waals surface area contributed by atoms with E-state index < -0.39 is 11.6 Å². The quantitative estimate of drug-likeness (QED) is 0.263. The molecule has 0 N–H and O–H groups in total. The second-order valence-electron chi connectivity index (χ2n) is 7.97. The highest BCUT2D eigenvalue weighted by atomic mass is 19.1. The Morgan fingerprint density at radius 2 is 1.47 bits per heavy atom. The largest absolute Gasteiger partial charge is 0.449 e. The molecule has 2 rings (SSSR count). The van der Waals surface area contributed by atoms with Gasteiger partial charge in [-0.05, 0) is 24.6 Å². The molecule has 0 saturated carbocycles. The van der Waals surface area contributed by atoms with Crippen molar-refractivity contribution in [1.82, 2.24) is 9.78 Å². The number of rotatable bonds is 17. The third kappa shape index (κ3) is 9.59. The highest BCUT2D eigenvalue weighted by Gasteiger charge is 2.11. The Kier molecular flexibility index (Phi) is 11.9. The summed E-state index contributed by atoms with van der Waals surface area (Å²) < 4.78 is 24.7. The number of hydrogen-bond acceptors (Lipinski definition) is 4. The lowest BCUT2D eigenvalue weighted by Crippen LogP contribution is -2.13. The lowest BCUT2D eigenvalue weighted by Gasteiger charge is -2.03. The highest BCUT2D eigenvalue weighted by molar-refractivity contribution is 5.30. The van der Waals surface area contributed by atoms with Crippen LogP contribution in [-0.2, 0) is 0 Å². The van der Waals surface area contributed by atoms with Crippen LogP contribution < -0.4 is 10.5 Å². The lowest BCUT2D eigenvalue weighted by atomic mass is 10.0. The lowest BCUT2D eigenvalue weighted by molar-refractivity contribution is 0.219. The monoisotopic (exact) mass is 420 g/mol. The number of benzene rings is 1. The average molecular weight is 421 g/mol. The maximum Gasteiger partial charge on any atom is 0.444 e. The average Bonchev–Trinajstić information content (AvgIpc) is 3.11. The van der Waals surface area contributed by atoms with E-state index in [-0.39, 0.29) is 6.08 Å². The number of aromatic nitrogens is 2. The Labute approximate surface area is 179 Å². The van der Waals surface area contributed by atoms with Crippen LogP contribution in [0.5, 0.6) is 6.08 Å². The molecule has 5 nitrogen and oxygen atoms in total. The third-order valence-corrected chi connectivity index (χ3v) is 5.31. The van der Waals surface area contributed by atoms with Crippen molar-refractivity contribution in [3.05, 3.63) is 40.6 Å². The van der Waals surface area contributed by atoms with Crippen molar-refractivity contribution in [2.75, 3.05) is 6.61 Å². The fraction of sp³-hybridized carbons (Fsp3) is 0.667. The molecular formula is C24H37FN2O3. The van der Waals surface area contributed by atoms with E-state index in [2.05, 4.69) is 12.0 Å². The number of ether oxygens (including phenoxy) is 1. The molecule has 0 atom stereocenters. The van der Waals surface area contributed by atoms with Crippen LogP contribution in [0.3, 0.4) is 0 Å². The first-order chi connectivity index (χ1) is 14.7. The Hall–Kier alpha value is -2.11. The summed E-state index contributed by atoms with van der Waals surface area (Å²) in [7, 11) is 0. The Morgan fingerprint density at radius 1 is 0.900 bits per heavy atom. The minimum atomic E-state index is -0.684. The molecule has 168 valence electrons. The molecule has 0 aliphatic carbocycles. The summed E-state index contributed by atoms with van der Waals surface area (Å²) in [5.41, 5.74) is 0.315. The van der Waals surface area contributed by atoms with E-state index in [4.69, 9.17) is 9.15 Å². The number of halogens is 1. The van der Waals surface area contributed by atoms with Gasteiger partial charge in [-0.2, -0.15) is 4.68 Å². The van der Waals surface area contributed by atoms with E-state index in [1.54, 1.807) is 6.07 Å². The van der Waals surface area contributed by atoms with Crippen LogP contribution in [0.4, 0.5) is 4.39 Å². The van der Waals surface area contributed by atoms with Crippen LogP contribution in [0.15, 0.2) is 33.5 Å². The van der Waals surface area contributed by atoms with Gasteiger partial charge in [0.25, 0.3) is 0 Å². The third-order valence-electron chi connectivity index (χ3n) is 5.31. The maximum atomic E-state index is 13.3. The van der Waals surface area contributed by atoms with Gasteiger partial charge in [-0.15, -0.1) is 0 Å². The fourth-order valence-electron chi connectivity index (χ4n) is 3.55. The molecule has 1 aromatic carbocycles. The molecule has 1 aromatic heterocycles. The van der Waals surface area contributed by atoms with Crippen molar-refractivity contribution in [2.45, 2.75) is 96.8 Å². The SMILES string of the molecule is CCCCCCCCCCCCCCCCOc1nn(-c2cccc(F)c2)c(=O)o1. The molecule has 0 bridgehead atoms. The van der Waals surface area contributed by atoms with Gasteiger partial charge in [0, 0.05) is 0 Å². The van der Waals surface area contributed by atoms with E-state index >= 15 is 0 Å². The molecule has 0 fully saturated rings. The van der Waals surface area contributed by atoms with Gasteiger partial charge in [0.1, 0.15) is 5.82 Å². The summed E-state index contributed by atoms with van der Waals surface area (Å²) in [4.78, 5) is 11.8. The van der Waals surface area contributed by atoms with Crippen LogP contribution in [0.1, 0.15) is 96.8 Å². The smallest absolute Gasteiger partial charge is 0.444 e. The number of unbranched alkanes of at least 4 members (excludes halogenated alkanes) is 13. The van der Waals surface area contributed by atoms with Gasteiger partial charge in [0.05, 0.1) is 12.3 Å². The maximum absolute atomic E-state index is 13.3. The number of nitrogens with zero attached hydrogens (tertiary/aromatic N) is 2. The molecule has 0 aliphatic rings. The molecule has 0 aliphatic heterocycles. The first kappa shape index (κ1) is 24.2. The van der Waals surface area contributed by atoms with Gasteiger partial charge >= 0.3 is 11.8 Å². The second kappa shape index (κ2) is 14.8. The normalized spacial score (nSPS) is 11.1. The summed E-state index contributed by atoms with van der Waals surface area (Å²) >= 11 is 0. The van der Waals surface area contributed by atoms with Crippen LogP contribution in [-0.4, -0.2) is 16.4 Å². The van der Waals surface area contributed by atoms with E-state index in [9.17, 15) is 9.18 Å². The zero-order valence-electron chi connectivity index (χ0n) is 18.4. The fourth-order valence-corrected chi connectivity index (χ4v) is 3.55. The molecule has 1 heterocycles. The zero-order chi connectivity index (χ0) is 21.4. The van der Waals surface area contributed by atoms with Gasteiger partial charge in [0.15, 0.2) is 0 Å². The molecular weight excluding hydrogens is 383 g/mol. The van der Waals surface area contributed by atoms with Crippen LogP contribution in [0, 0.1) is 5.82 Å². The molecule has 2 aromatic rings. The predicted octanol–water partition coefficient (Wildman–Crippen LogP) is 6.82. The van der Waals surface area contributed by atoms with Gasteiger partial charge in [0.2, 0.25) is 0 Å². The van der Waals surface area contributed by atoms with Crippen LogP contribution in [0.2, 0.25) is 0 Å². The second-order valence-corrected chi connectivity index (χ2v) is 7.97. The Morgan fingerprint density at radius 3 is 2.03 bits per heavy atom. The molecule has 0 saturated heterocycles. The van der Waals surface area contributed by atoms with Crippen molar-refractivity contribution < 1.29 is 13.5 Å². The minimum absolute atomic E-state index is 0.0704. The predicted molar refractivity (Wildman–Crippen MR) is 118 cm³/mol. The van der Waals surface area contributed by atoms with Gasteiger partial charge in [-0.1, -0.05) is 102 Å². The van der Waals surface area contributed by atoms with Gasteiger partial charge in [-0.25, -0.2) is 9.18 Å². The van der Waals surface area contributed by atoms with Crippen LogP contribution >= 0.6 is 0 Å². The van der Waals surface area contributed by atoms with Crippen molar-refractivity contribution in [3.8, 4) is 11.8 Å². The number of hydrogen-bond donors (Lipinski definition) is 0. The standard InChI is InChI=1S/C24H37FN2O3/c1-2-3-4-5-6-7-8-9-10-11-12-13-14-15-19-29-23-26-27(24(28)30-23)22-18-16-17-21(25)20-22/h16-18,20H,2-15,19H2,1H3. The summed E-state index contributed by atoms with van der Waals surface area (Å²) in [5, 5.41) is 3.97. The van der Waals surface area contributed by atoms with E-state index in [1.807, 2.05) is 0 Å². The molecule has 0 amide bonds. The van der Waals surface area contributed by atoms with E-state index in [0.717, 1.165) is 17.5 Å².